The van der Waals surface area contributed by atoms with Gasteiger partial charge in [0.1, 0.15) is 11.2 Å². The van der Waals surface area contributed by atoms with Gasteiger partial charge in [-0.1, -0.05) is 23.7 Å². The summed E-state index contributed by atoms with van der Waals surface area (Å²) in [5.41, 5.74) is 2.16. The number of carboxylic acid groups (broad SMARTS) is 1. The average Bonchev–Trinajstić information content (AvgIpc) is 2.65. The summed E-state index contributed by atoms with van der Waals surface area (Å²) >= 11 is 5.96. The standard InChI is InChI=1S/C14H9ClO3/c15-9-2-4-12-11(7-9)10-3-1-8(6-14(16)17)5-13(10)18-12/h1-5,7H,6H2,(H,16,17). The maximum absolute atomic E-state index is 10.7. The highest BCUT2D eigenvalue weighted by atomic mass is 35.5. The van der Waals surface area contributed by atoms with Crippen LogP contribution in [0.5, 0.6) is 0 Å². The highest BCUT2D eigenvalue weighted by molar-refractivity contribution is 6.31. The van der Waals surface area contributed by atoms with Crippen molar-refractivity contribution in [2.24, 2.45) is 0 Å². The number of rotatable bonds is 2. The molecule has 0 aliphatic rings. The molecule has 0 atom stereocenters. The number of fused-ring (bicyclic) bond motifs is 3. The number of hydrogen-bond acceptors (Lipinski definition) is 2. The van der Waals surface area contributed by atoms with E-state index in [4.69, 9.17) is 21.1 Å². The molecule has 0 spiro atoms. The van der Waals surface area contributed by atoms with Crippen molar-refractivity contribution in [3.8, 4) is 0 Å². The predicted octanol–water partition coefficient (Wildman–Crippen LogP) is 3.87. The van der Waals surface area contributed by atoms with Crippen molar-refractivity contribution in [1.82, 2.24) is 0 Å². The zero-order chi connectivity index (χ0) is 12.7. The molecule has 90 valence electrons. The summed E-state index contributed by atoms with van der Waals surface area (Å²) in [7, 11) is 0. The van der Waals surface area contributed by atoms with Gasteiger partial charge in [-0.3, -0.25) is 4.79 Å². The van der Waals surface area contributed by atoms with Crippen LogP contribution in [0.3, 0.4) is 0 Å². The zero-order valence-corrected chi connectivity index (χ0v) is 10.1. The Morgan fingerprint density at radius 1 is 1.11 bits per heavy atom. The lowest BCUT2D eigenvalue weighted by molar-refractivity contribution is -0.136. The van der Waals surface area contributed by atoms with Gasteiger partial charge in [-0.2, -0.15) is 0 Å². The third-order valence-corrected chi connectivity index (χ3v) is 3.09. The molecule has 0 amide bonds. The second-order valence-electron chi connectivity index (χ2n) is 4.14. The molecule has 0 bridgehead atoms. The minimum atomic E-state index is -0.853. The fourth-order valence-corrected chi connectivity index (χ4v) is 2.25. The van der Waals surface area contributed by atoms with Crippen molar-refractivity contribution in [3.05, 3.63) is 47.0 Å². The first kappa shape index (κ1) is 11.1. The van der Waals surface area contributed by atoms with Gasteiger partial charge in [0, 0.05) is 15.8 Å². The zero-order valence-electron chi connectivity index (χ0n) is 9.31. The van der Waals surface area contributed by atoms with Crippen molar-refractivity contribution < 1.29 is 14.3 Å². The second kappa shape index (κ2) is 4.03. The highest BCUT2D eigenvalue weighted by Gasteiger charge is 2.09. The third kappa shape index (κ3) is 1.83. The molecule has 0 aliphatic heterocycles. The van der Waals surface area contributed by atoms with Crippen LogP contribution in [0.1, 0.15) is 5.56 Å². The Labute approximate surface area is 108 Å². The fraction of sp³-hybridized carbons (Fsp3) is 0.0714. The van der Waals surface area contributed by atoms with Gasteiger partial charge >= 0.3 is 5.97 Å². The summed E-state index contributed by atoms with van der Waals surface area (Å²) < 4.78 is 5.68. The molecule has 0 fully saturated rings. The lowest BCUT2D eigenvalue weighted by atomic mass is 10.1. The molecule has 3 aromatic rings. The Hall–Kier alpha value is -2.00. The quantitative estimate of drug-likeness (QED) is 0.761. The molecule has 1 N–H and O–H groups in total. The first-order valence-electron chi connectivity index (χ1n) is 5.46. The summed E-state index contributed by atoms with van der Waals surface area (Å²) in [6.07, 6.45) is -0.00621. The van der Waals surface area contributed by atoms with E-state index in [2.05, 4.69) is 0 Å². The van der Waals surface area contributed by atoms with Gasteiger partial charge in [0.25, 0.3) is 0 Å². The smallest absolute Gasteiger partial charge is 0.307 e. The number of aliphatic carboxylic acids is 1. The Bertz CT molecular complexity index is 758. The summed E-state index contributed by atoms with van der Waals surface area (Å²) in [5.74, 6) is -0.853. The predicted molar refractivity (Wildman–Crippen MR) is 70.1 cm³/mol. The topological polar surface area (TPSA) is 50.4 Å². The van der Waals surface area contributed by atoms with E-state index in [9.17, 15) is 4.79 Å². The fourth-order valence-electron chi connectivity index (χ4n) is 2.08. The summed E-state index contributed by atoms with van der Waals surface area (Å²) in [5, 5.41) is 11.3. The van der Waals surface area contributed by atoms with Crippen LogP contribution < -0.4 is 0 Å². The van der Waals surface area contributed by atoms with Crippen LogP contribution >= 0.6 is 11.6 Å². The Morgan fingerprint density at radius 2 is 1.94 bits per heavy atom. The highest BCUT2D eigenvalue weighted by Crippen LogP contribution is 2.31. The molecule has 4 heteroatoms. The van der Waals surface area contributed by atoms with Crippen LogP contribution in [0.4, 0.5) is 0 Å². The average molecular weight is 261 g/mol. The minimum absolute atomic E-state index is 0.00621. The van der Waals surface area contributed by atoms with E-state index in [1.54, 1.807) is 18.2 Å². The number of benzene rings is 2. The molecule has 0 saturated heterocycles. The summed E-state index contributed by atoms with van der Waals surface area (Å²) in [6.45, 7) is 0. The van der Waals surface area contributed by atoms with Gasteiger partial charge in [-0.15, -0.1) is 0 Å². The largest absolute Gasteiger partial charge is 0.481 e. The van der Waals surface area contributed by atoms with Gasteiger partial charge in [-0.05, 0) is 29.8 Å². The van der Waals surface area contributed by atoms with Gasteiger partial charge in [0.15, 0.2) is 0 Å². The Balaban J connectivity index is 2.23. The summed E-state index contributed by atoms with van der Waals surface area (Å²) in [4.78, 5) is 10.7. The van der Waals surface area contributed by atoms with Crippen molar-refractivity contribution in [3.63, 3.8) is 0 Å². The van der Waals surface area contributed by atoms with E-state index < -0.39 is 5.97 Å². The first-order chi connectivity index (χ1) is 8.63. The van der Waals surface area contributed by atoms with Crippen molar-refractivity contribution >= 4 is 39.5 Å². The number of carbonyl (C=O) groups is 1. The molecule has 0 saturated carbocycles. The summed E-state index contributed by atoms with van der Waals surface area (Å²) in [6, 6.07) is 10.9. The van der Waals surface area contributed by atoms with E-state index in [1.807, 2.05) is 18.2 Å². The van der Waals surface area contributed by atoms with Gasteiger partial charge in [-0.25, -0.2) is 0 Å². The van der Waals surface area contributed by atoms with Crippen molar-refractivity contribution in [2.75, 3.05) is 0 Å². The minimum Gasteiger partial charge on any atom is -0.481 e. The number of furan rings is 1. The van der Waals surface area contributed by atoms with Crippen LogP contribution in [0, 0.1) is 0 Å². The molecular weight excluding hydrogens is 252 g/mol. The Kier molecular flexibility index (Phi) is 2.49. The van der Waals surface area contributed by atoms with Gasteiger partial charge in [0.2, 0.25) is 0 Å². The van der Waals surface area contributed by atoms with Crippen LogP contribution in [-0.4, -0.2) is 11.1 Å². The molecule has 0 aliphatic carbocycles. The van der Waals surface area contributed by atoms with E-state index in [0.29, 0.717) is 10.6 Å². The number of hydrogen-bond donors (Lipinski definition) is 1. The lowest BCUT2D eigenvalue weighted by Gasteiger charge is -1.96. The molecule has 1 heterocycles. The van der Waals surface area contributed by atoms with Crippen LogP contribution in [0.15, 0.2) is 40.8 Å². The molecule has 0 radical (unpaired) electrons. The maximum Gasteiger partial charge on any atom is 0.307 e. The maximum atomic E-state index is 10.7. The van der Waals surface area contributed by atoms with Crippen LogP contribution in [-0.2, 0) is 11.2 Å². The normalized spacial score (nSPS) is 11.2. The third-order valence-electron chi connectivity index (χ3n) is 2.85. The SMILES string of the molecule is O=C(O)Cc1ccc2c(c1)oc1ccc(Cl)cc12. The first-order valence-corrected chi connectivity index (χ1v) is 5.84. The van der Waals surface area contributed by atoms with E-state index in [-0.39, 0.29) is 6.42 Å². The number of carboxylic acids is 1. The van der Waals surface area contributed by atoms with Gasteiger partial charge < -0.3 is 9.52 Å². The molecule has 18 heavy (non-hydrogen) atoms. The van der Waals surface area contributed by atoms with Crippen LogP contribution in [0.25, 0.3) is 21.9 Å². The molecule has 3 nitrogen and oxygen atoms in total. The van der Waals surface area contributed by atoms with Gasteiger partial charge in [0.05, 0.1) is 6.42 Å². The molecule has 1 aromatic heterocycles. The molecule has 0 unspecified atom stereocenters. The second-order valence-corrected chi connectivity index (χ2v) is 4.58. The van der Waals surface area contributed by atoms with E-state index >= 15 is 0 Å². The lowest BCUT2D eigenvalue weighted by Crippen LogP contribution is -1.99. The van der Waals surface area contributed by atoms with E-state index in [1.165, 1.54) is 0 Å². The molecule has 2 aromatic carbocycles. The Morgan fingerprint density at radius 3 is 2.72 bits per heavy atom. The molecular formula is C14H9ClO3. The van der Waals surface area contributed by atoms with Crippen LogP contribution in [0.2, 0.25) is 5.02 Å². The monoisotopic (exact) mass is 260 g/mol. The molecule has 3 rings (SSSR count). The number of halogens is 1. The van der Waals surface area contributed by atoms with E-state index in [0.717, 1.165) is 21.9 Å². The van der Waals surface area contributed by atoms with Crippen molar-refractivity contribution in [1.29, 1.82) is 0 Å². The van der Waals surface area contributed by atoms with Crippen molar-refractivity contribution in [2.45, 2.75) is 6.42 Å².